The van der Waals surface area contributed by atoms with Gasteiger partial charge in [-0.05, 0) is 42.0 Å². The fraction of sp³-hybridized carbons (Fsp3) is 0.238. The summed E-state index contributed by atoms with van der Waals surface area (Å²) in [6.07, 6.45) is 1.19. The predicted octanol–water partition coefficient (Wildman–Crippen LogP) is 3.38. The number of benzene rings is 2. The van der Waals surface area contributed by atoms with Crippen molar-refractivity contribution in [2.75, 3.05) is 11.4 Å². The van der Waals surface area contributed by atoms with E-state index in [1.807, 2.05) is 24.3 Å². The molecule has 1 fully saturated rings. The van der Waals surface area contributed by atoms with Crippen molar-refractivity contribution in [3.8, 4) is 11.5 Å². The van der Waals surface area contributed by atoms with Crippen LogP contribution in [0.5, 0.6) is 0 Å². The van der Waals surface area contributed by atoms with E-state index in [2.05, 4.69) is 15.5 Å². The van der Waals surface area contributed by atoms with Gasteiger partial charge in [-0.25, -0.2) is 0 Å². The zero-order chi connectivity index (χ0) is 20.2. The lowest BCUT2D eigenvalue weighted by atomic mass is 10.1. The Morgan fingerprint density at radius 1 is 1.17 bits per heavy atom. The minimum Gasteiger partial charge on any atom is -0.421 e. The molecule has 29 heavy (non-hydrogen) atoms. The molecule has 2 aromatic carbocycles. The van der Waals surface area contributed by atoms with Crippen LogP contribution in [0.25, 0.3) is 11.5 Å². The van der Waals surface area contributed by atoms with Crippen molar-refractivity contribution < 1.29 is 14.0 Å². The third-order valence-corrected chi connectivity index (χ3v) is 4.94. The van der Waals surface area contributed by atoms with Crippen molar-refractivity contribution in [2.45, 2.75) is 25.8 Å². The first-order valence-corrected chi connectivity index (χ1v) is 9.70. The van der Waals surface area contributed by atoms with Gasteiger partial charge in [0, 0.05) is 48.6 Å². The molecular weight excluding hydrogens is 392 g/mol. The summed E-state index contributed by atoms with van der Waals surface area (Å²) in [6, 6.07) is 14.7. The molecule has 2 amide bonds. The van der Waals surface area contributed by atoms with Gasteiger partial charge in [0.05, 0.1) is 0 Å². The molecule has 0 atom stereocenters. The van der Waals surface area contributed by atoms with Gasteiger partial charge in [0.15, 0.2) is 0 Å². The second kappa shape index (κ2) is 8.45. The number of carbonyl (C=O) groups is 2. The van der Waals surface area contributed by atoms with Crippen molar-refractivity contribution in [3.05, 3.63) is 65.0 Å². The number of aryl methyl sites for hydroxylation is 1. The number of anilines is 1. The summed E-state index contributed by atoms with van der Waals surface area (Å²) < 4.78 is 5.61. The SMILES string of the molecule is O=C(CCc1nnc(-c2ccc(Cl)cc2)o1)NCc1cccc(N2CCC2=O)c1. The van der Waals surface area contributed by atoms with Crippen molar-refractivity contribution in [1.82, 2.24) is 15.5 Å². The van der Waals surface area contributed by atoms with E-state index in [-0.39, 0.29) is 18.2 Å². The van der Waals surface area contributed by atoms with Crippen LogP contribution in [0.1, 0.15) is 24.3 Å². The summed E-state index contributed by atoms with van der Waals surface area (Å²) >= 11 is 5.88. The van der Waals surface area contributed by atoms with E-state index in [1.54, 1.807) is 29.2 Å². The second-order valence-corrected chi connectivity index (χ2v) is 7.19. The fourth-order valence-corrected chi connectivity index (χ4v) is 3.12. The molecule has 2 heterocycles. The maximum atomic E-state index is 12.2. The van der Waals surface area contributed by atoms with E-state index in [9.17, 15) is 9.59 Å². The molecule has 3 aromatic rings. The van der Waals surface area contributed by atoms with E-state index in [0.717, 1.165) is 23.4 Å². The normalized spacial score (nSPS) is 13.3. The lowest BCUT2D eigenvalue weighted by Crippen LogP contribution is -2.43. The second-order valence-electron chi connectivity index (χ2n) is 6.75. The highest BCUT2D eigenvalue weighted by atomic mass is 35.5. The number of nitrogens with one attached hydrogen (secondary N) is 1. The Hall–Kier alpha value is -3.19. The minimum absolute atomic E-state index is 0.110. The summed E-state index contributed by atoms with van der Waals surface area (Å²) in [7, 11) is 0. The van der Waals surface area contributed by atoms with E-state index >= 15 is 0 Å². The number of aromatic nitrogens is 2. The molecule has 4 rings (SSSR count). The number of amides is 2. The van der Waals surface area contributed by atoms with Gasteiger partial charge in [-0.3, -0.25) is 9.59 Å². The lowest BCUT2D eigenvalue weighted by molar-refractivity contribution is -0.122. The number of rotatable bonds is 7. The molecule has 0 spiro atoms. The molecule has 1 aliphatic heterocycles. The Bertz CT molecular complexity index is 1030. The molecule has 7 nitrogen and oxygen atoms in total. The highest BCUT2D eigenvalue weighted by molar-refractivity contribution is 6.30. The van der Waals surface area contributed by atoms with Crippen LogP contribution in [0.4, 0.5) is 5.69 Å². The monoisotopic (exact) mass is 410 g/mol. The third kappa shape index (κ3) is 4.63. The summed E-state index contributed by atoms with van der Waals surface area (Å²) in [5.74, 6) is 0.822. The molecule has 148 valence electrons. The van der Waals surface area contributed by atoms with Crippen molar-refractivity contribution in [2.24, 2.45) is 0 Å². The Kier molecular flexibility index (Phi) is 5.57. The van der Waals surface area contributed by atoms with E-state index in [0.29, 0.717) is 36.2 Å². The van der Waals surface area contributed by atoms with E-state index in [4.69, 9.17) is 16.0 Å². The Balaban J connectivity index is 1.27. The van der Waals surface area contributed by atoms with Crippen LogP contribution in [0.15, 0.2) is 52.9 Å². The number of hydrogen-bond donors (Lipinski definition) is 1. The summed E-state index contributed by atoms with van der Waals surface area (Å²) in [6.45, 7) is 1.14. The zero-order valence-electron chi connectivity index (χ0n) is 15.6. The molecule has 0 bridgehead atoms. The van der Waals surface area contributed by atoms with Crippen LogP contribution in [0.3, 0.4) is 0 Å². The average Bonchev–Trinajstić information content (AvgIpc) is 3.19. The molecule has 0 aliphatic carbocycles. The van der Waals surface area contributed by atoms with Gasteiger partial charge in [-0.1, -0.05) is 23.7 Å². The van der Waals surface area contributed by atoms with Gasteiger partial charge in [0.2, 0.25) is 23.6 Å². The standard InChI is InChI=1S/C21H19ClN4O3/c22-16-6-4-15(5-7-16)21-25-24-19(29-21)9-8-18(27)23-13-14-2-1-3-17(12-14)26-11-10-20(26)28/h1-7,12H,8-11,13H2,(H,23,27). The summed E-state index contributed by atoms with van der Waals surface area (Å²) in [5, 5.41) is 11.5. The first-order chi connectivity index (χ1) is 14.1. The number of β-lactam (4-membered cyclic amide) rings is 1. The average molecular weight is 411 g/mol. The number of halogens is 1. The van der Waals surface area contributed by atoms with Crippen molar-refractivity contribution >= 4 is 29.1 Å². The number of carbonyl (C=O) groups excluding carboxylic acids is 2. The molecule has 0 unspecified atom stereocenters. The zero-order valence-corrected chi connectivity index (χ0v) is 16.4. The van der Waals surface area contributed by atoms with Crippen LogP contribution < -0.4 is 10.2 Å². The van der Waals surface area contributed by atoms with Crippen LogP contribution in [0.2, 0.25) is 5.02 Å². The quantitative estimate of drug-likeness (QED) is 0.603. The number of nitrogens with zero attached hydrogens (tertiary/aromatic N) is 3. The summed E-state index contributed by atoms with van der Waals surface area (Å²) in [5.41, 5.74) is 2.59. The molecule has 8 heteroatoms. The highest BCUT2D eigenvalue weighted by Crippen LogP contribution is 2.23. The van der Waals surface area contributed by atoms with Gasteiger partial charge in [0.1, 0.15) is 0 Å². The van der Waals surface area contributed by atoms with Crippen molar-refractivity contribution in [1.29, 1.82) is 0 Å². The number of hydrogen-bond acceptors (Lipinski definition) is 5. The van der Waals surface area contributed by atoms with Gasteiger partial charge < -0.3 is 14.6 Å². The molecule has 1 saturated heterocycles. The van der Waals surface area contributed by atoms with Crippen LogP contribution in [-0.4, -0.2) is 28.6 Å². The minimum atomic E-state index is -0.110. The van der Waals surface area contributed by atoms with Crippen molar-refractivity contribution in [3.63, 3.8) is 0 Å². The molecule has 1 N–H and O–H groups in total. The smallest absolute Gasteiger partial charge is 0.247 e. The van der Waals surface area contributed by atoms with Crippen LogP contribution in [-0.2, 0) is 22.6 Å². The molecular formula is C21H19ClN4O3. The predicted molar refractivity (Wildman–Crippen MR) is 108 cm³/mol. The Morgan fingerprint density at radius 3 is 2.72 bits per heavy atom. The van der Waals surface area contributed by atoms with Gasteiger partial charge >= 0.3 is 0 Å². The molecule has 0 radical (unpaired) electrons. The van der Waals surface area contributed by atoms with Crippen LogP contribution in [0, 0.1) is 0 Å². The fourth-order valence-electron chi connectivity index (χ4n) is 3.00. The molecule has 1 aromatic heterocycles. The Labute approximate surface area is 172 Å². The summed E-state index contributed by atoms with van der Waals surface area (Å²) in [4.78, 5) is 25.5. The lowest BCUT2D eigenvalue weighted by Gasteiger charge is -2.30. The van der Waals surface area contributed by atoms with Gasteiger partial charge in [0.25, 0.3) is 0 Å². The highest BCUT2D eigenvalue weighted by Gasteiger charge is 2.25. The maximum Gasteiger partial charge on any atom is 0.247 e. The topological polar surface area (TPSA) is 88.3 Å². The maximum absolute atomic E-state index is 12.2. The largest absolute Gasteiger partial charge is 0.421 e. The first kappa shape index (κ1) is 19.1. The third-order valence-electron chi connectivity index (χ3n) is 4.69. The van der Waals surface area contributed by atoms with Gasteiger partial charge in [-0.2, -0.15) is 0 Å². The first-order valence-electron chi connectivity index (χ1n) is 9.33. The van der Waals surface area contributed by atoms with E-state index < -0.39 is 0 Å². The Morgan fingerprint density at radius 2 is 2.00 bits per heavy atom. The molecule has 0 saturated carbocycles. The van der Waals surface area contributed by atoms with Gasteiger partial charge in [-0.15, -0.1) is 10.2 Å². The molecule has 1 aliphatic rings. The van der Waals surface area contributed by atoms with Crippen LogP contribution >= 0.6 is 11.6 Å². The van der Waals surface area contributed by atoms with E-state index in [1.165, 1.54) is 0 Å².